The van der Waals surface area contributed by atoms with Crippen LogP contribution in [-0.2, 0) is 6.54 Å². The maximum atomic E-state index is 14.0. The van der Waals surface area contributed by atoms with Crippen molar-refractivity contribution < 1.29 is 8.78 Å². The molecule has 0 aliphatic carbocycles. The van der Waals surface area contributed by atoms with E-state index < -0.39 is 11.6 Å². The molecule has 1 aliphatic heterocycles. The quantitative estimate of drug-likeness (QED) is 0.520. The van der Waals surface area contributed by atoms with Gasteiger partial charge in [-0.2, -0.15) is 0 Å². The lowest BCUT2D eigenvalue weighted by atomic mass is 9.95. The van der Waals surface area contributed by atoms with Gasteiger partial charge in [0.25, 0.3) is 0 Å². The summed E-state index contributed by atoms with van der Waals surface area (Å²) >= 11 is 0. The minimum Gasteiger partial charge on any atom is -0.364 e. The predicted octanol–water partition coefficient (Wildman–Crippen LogP) is 6.32. The number of rotatable bonds is 5. The van der Waals surface area contributed by atoms with E-state index in [2.05, 4.69) is 67.4 Å². The van der Waals surface area contributed by atoms with Crippen LogP contribution in [0.1, 0.15) is 35.1 Å². The molecule has 0 unspecified atom stereocenters. The van der Waals surface area contributed by atoms with E-state index in [9.17, 15) is 8.78 Å². The summed E-state index contributed by atoms with van der Waals surface area (Å²) in [5, 5.41) is 3.39. The van der Waals surface area contributed by atoms with E-state index in [-0.39, 0.29) is 0 Å². The molecule has 0 atom stereocenters. The standard InChI is InChI=1S/C27H30F2N2/c1-18-13-23(14-19(2)20(18)3)22-6-4-5-21(15-22)17-31(24-9-11-30-12-10-24)25-7-8-26(28)27(29)16-25/h4-8,13-16,24,30H,9-12,17H2,1-3H3. The topological polar surface area (TPSA) is 15.3 Å². The lowest BCUT2D eigenvalue weighted by Gasteiger charge is -2.36. The maximum absolute atomic E-state index is 14.0. The number of nitrogens with zero attached hydrogens (tertiary/aromatic N) is 1. The third-order valence-electron chi connectivity index (χ3n) is 6.52. The van der Waals surface area contributed by atoms with Crippen molar-refractivity contribution in [2.24, 2.45) is 0 Å². The molecule has 3 aromatic rings. The first-order valence-corrected chi connectivity index (χ1v) is 11.0. The van der Waals surface area contributed by atoms with E-state index in [1.165, 1.54) is 39.9 Å². The molecule has 4 heteroatoms. The van der Waals surface area contributed by atoms with Crippen molar-refractivity contribution in [2.45, 2.75) is 46.2 Å². The average Bonchev–Trinajstić information content (AvgIpc) is 2.78. The van der Waals surface area contributed by atoms with Gasteiger partial charge in [-0.05, 0) is 98.3 Å². The molecule has 0 radical (unpaired) electrons. The Morgan fingerprint density at radius 1 is 0.839 bits per heavy atom. The molecule has 0 bridgehead atoms. The number of aryl methyl sites for hydroxylation is 2. The molecule has 1 saturated heterocycles. The van der Waals surface area contributed by atoms with E-state index in [1.54, 1.807) is 6.07 Å². The summed E-state index contributed by atoms with van der Waals surface area (Å²) < 4.78 is 27.6. The Labute approximate surface area is 183 Å². The van der Waals surface area contributed by atoms with Crippen LogP contribution >= 0.6 is 0 Å². The molecule has 3 aromatic carbocycles. The van der Waals surface area contributed by atoms with E-state index in [0.29, 0.717) is 12.6 Å². The van der Waals surface area contributed by atoms with E-state index in [4.69, 9.17) is 0 Å². The second kappa shape index (κ2) is 9.19. The van der Waals surface area contributed by atoms with Crippen molar-refractivity contribution in [3.05, 3.63) is 88.5 Å². The minimum absolute atomic E-state index is 0.290. The molecule has 0 saturated carbocycles. The van der Waals surface area contributed by atoms with Gasteiger partial charge in [0.15, 0.2) is 11.6 Å². The summed E-state index contributed by atoms with van der Waals surface area (Å²) in [6.07, 6.45) is 1.96. The second-order valence-corrected chi connectivity index (χ2v) is 8.64. The molecular formula is C27H30F2N2. The largest absolute Gasteiger partial charge is 0.364 e. The molecule has 4 rings (SSSR count). The zero-order valence-electron chi connectivity index (χ0n) is 18.5. The van der Waals surface area contributed by atoms with Crippen molar-refractivity contribution >= 4 is 5.69 Å². The average molecular weight is 421 g/mol. The molecule has 1 heterocycles. The normalized spacial score (nSPS) is 14.6. The summed E-state index contributed by atoms with van der Waals surface area (Å²) in [5.74, 6) is -1.60. The molecule has 1 aliphatic rings. The van der Waals surface area contributed by atoms with Crippen LogP contribution in [0, 0.1) is 32.4 Å². The van der Waals surface area contributed by atoms with Crippen LogP contribution in [0.2, 0.25) is 0 Å². The third-order valence-corrected chi connectivity index (χ3v) is 6.52. The van der Waals surface area contributed by atoms with Crippen LogP contribution in [0.15, 0.2) is 54.6 Å². The van der Waals surface area contributed by atoms with Gasteiger partial charge < -0.3 is 10.2 Å². The number of nitrogens with one attached hydrogen (secondary N) is 1. The number of hydrogen-bond donors (Lipinski definition) is 1. The Balaban J connectivity index is 1.67. The zero-order chi connectivity index (χ0) is 22.0. The van der Waals surface area contributed by atoms with Gasteiger partial charge in [0, 0.05) is 24.3 Å². The second-order valence-electron chi connectivity index (χ2n) is 8.64. The Kier molecular flexibility index (Phi) is 6.38. The highest BCUT2D eigenvalue weighted by atomic mass is 19.2. The molecule has 1 fully saturated rings. The van der Waals surface area contributed by atoms with Crippen LogP contribution in [0.5, 0.6) is 0 Å². The summed E-state index contributed by atoms with van der Waals surface area (Å²) in [4.78, 5) is 2.23. The Bertz CT molecular complexity index is 1050. The van der Waals surface area contributed by atoms with Crippen LogP contribution in [-0.4, -0.2) is 19.1 Å². The van der Waals surface area contributed by atoms with Gasteiger partial charge in [-0.1, -0.05) is 30.3 Å². The maximum Gasteiger partial charge on any atom is 0.160 e. The van der Waals surface area contributed by atoms with Crippen LogP contribution in [0.3, 0.4) is 0 Å². The molecule has 31 heavy (non-hydrogen) atoms. The lowest BCUT2D eigenvalue weighted by Crippen LogP contribution is -2.43. The van der Waals surface area contributed by atoms with Crippen molar-refractivity contribution in [2.75, 3.05) is 18.0 Å². The SMILES string of the molecule is Cc1cc(-c2cccc(CN(c3ccc(F)c(F)c3)C3CCNCC3)c2)cc(C)c1C. The first kappa shape index (κ1) is 21.5. The van der Waals surface area contributed by atoms with E-state index in [0.717, 1.165) is 37.2 Å². The first-order chi connectivity index (χ1) is 14.9. The lowest BCUT2D eigenvalue weighted by molar-refractivity contribution is 0.427. The highest BCUT2D eigenvalue weighted by molar-refractivity contribution is 5.67. The van der Waals surface area contributed by atoms with E-state index >= 15 is 0 Å². The van der Waals surface area contributed by atoms with Crippen molar-refractivity contribution in [1.82, 2.24) is 5.32 Å². The molecule has 0 spiro atoms. The van der Waals surface area contributed by atoms with Gasteiger partial charge in [0.2, 0.25) is 0 Å². The highest BCUT2D eigenvalue weighted by Crippen LogP contribution is 2.29. The first-order valence-electron chi connectivity index (χ1n) is 11.0. The Morgan fingerprint density at radius 3 is 2.23 bits per heavy atom. The zero-order valence-corrected chi connectivity index (χ0v) is 18.5. The Hall–Kier alpha value is -2.72. The fourth-order valence-electron chi connectivity index (χ4n) is 4.46. The highest BCUT2D eigenvalue weighted by Gasteiger charge is 2.22. The van der Waals surface area contributed by atoms with Gasteiger partial charge in [0.1, 0.15) is 0 Å². The Morgan fingerprint density at radius 2 is 1.55 bits per heavy atom. The van der Waals surface area contributed by atoms with Gasteiger partial charge >= 0.3 is 0 Å². The van der Waals surface area contributed by atoms with Crippen molar-refractivity contribution in [1.29, 1.82) is 0 Å². The smallest absolute Gasteiger partial charge is 0.160 e. The molecule has 0 aromatic heterocycles. The number of hydrogen-bond acceptors (Lipinski definition) is 2. The van der Waals surface area contributed by atoms with Gasteiger partial charge in [-0.25, -0.2) is 8.78 Å². The van der Waals surface area contributed by atoms with Crippen molar-refractivity contribution in [3.8, 4) is 11.1 Å². The molecule has 1 N–H and O–H groups in total. The van der Waals surface area contributed by atoms with E-state index in [1.807, 2.05) is 0 Å². The molecule has 162 valence electrons. The number of piperidine rings is 1. The fourth-order valence-corrected chi connectivity index (χ4v) is 4.46. The number of benzene rings is 3. The number of halogens is 2. The minimum atomic E-state index is -0.805. The molecular weight excluding hydrogens is 390 g/mol. The number of anilines is 1. The van der Waals surface area contributed by atoms with Crippen molar-refractivity contribution in [3.63, 3.8) is 0 Å². The summed E-state index contributed by atoms with van der Waals surface area (Å²) in [6, 6.07) is 17.6. The molecule has 0 amide bonds. The van der Waals surface area contributed by atoms with Gasteiger partial charge in [-0.3, -0.25) is 0 Å². The third kappa shape index (κ3) is 4.80. The predicted molar refractivity (Wildman–Crippen MR) is 125 cm³/mol. The summed E-state index contributed by atoms with van der Waals surface area (Å²) in [6.45, 7) is 8.99. The van der Waals surface area contributed by atoms with Crippen LogP contribution < -0.4 is 10.2 Å². The summed E-state index contributed by atoms with van der Waals surface area (Å²) in [7, 11) is 0. The van der Waals surface area contributed by atoms with Crippen LogP contribution in [0.25, 0.3) is 11.1 Å². The van der Waals surface area contributed by atoms with Crippen LogP contribution in [0.4, 0.5) is 14.5 Å². The monoisotopic (exact) mass is 420 g/mol. The van der Waals surface area contributed by atoms with Gasteiger partial charge in [0.05, 0.1) is 0 Å². The molecule has 2 nitrogen and oxygen atoms in total. The summed E-state index contributed by atoms with van der Waals surface area (Å²) in [5.41, 5.74) is 8.20. The fraction of sp³-hybridized carbons (Fsp3) is 0.333. The van der Waals surface area contributed by atoms with Gasteiger partial charge in [-0.15, -0.1) is 0 Å².